The Morgan fingerprint density at radius 3 is 2.70 bits per heavy atom. The molecule has 0 aliphatic rings. The van der Waals surface area contributed by atoms with Crippen LogP contribution in [-0.4, -0.2) is 44.8 Å². The highest BCUT2D eigenvalue weighted by molar-refractivity contribution is 5.19. The predicted octanol–water partition coefficient (Wildman–Crippen LogP) is 2.86. The molecular weight excluding hydrogens is 248 g/mol. The molecule has 0 aliphatic heterocycles. The van der Waals surface area contributed by atoms with Crippen molar-refractivity contribution in [2.45, 2.75) is 19.4 Å². The zero-order valence-corrected chi connectivity index (χ0v) is 12.8. The van der Waals surface area contributed by atoms with Crippen molar-refractivity contribution in [3.63, 3.8) is 0 Å². The van der Waals surface area contributed by atoms with Gasteiger partial charge in [-0.2, -0.15) is 0 Å². The third-order valence-electron chi connectivity index (χ3n) is 3.34. The average molecular weight is 276 g/mol. The lowest BCUT2D eigenvalue weighted by Crippen LogP contribution is -2.38. The Kier molecular flexibility index (Phi) is 8.96. The van der Waals surface area contributed by atoms with Gasteiger partial charge in [0.05, 0.1) is 6.61 Å². The van der Waals surface area contributed by atoms with E-state index in [1.54, 1.807) is 7.11 Å². The minimum absolute atomic E-state index is 0.357. The summed E-state index contributed by atoms with van der Waals surface area (Å²) in [5.41, 5.74) is 1.34. The molecule has 0 amide bonds. The first-order valence-corrected chi connectivity index (χ1v) is 7.43. The molecule has 1 aromatic rings. The molecule has 0 heterocycles. The molecule has 1 rings (SSSR count). The van der Waals surface area contributed by atoms with E-state index in [2.05, 4.69) is 54.1 Å². The second kappa shape index (κ2) is 10.6. The summed E-state index contributed by atoms with van der Waals surface area (Å²) in [6.45, 7) is 10.6. The number of benzene rings is 1. The van der Waals surface area contributed by atoms with Gasteiger partial charge in [-0.15, -0.1) is 6.58 Å². The summed E-state index contributed by atoms with van der Waals surface area (Å²) >= 11 is 0. The van der Waals surface area contributed by atoms with Crippen LogP contribution in [0.15, 0.2) is 43.0 Å². The first-order valence-electron chi connectivity index (χ1n) is 7.43. The highest BCUT2D eigenvalue weighted by Gasteiger charge is 2.18. The number of hydrogen-bond donors (Lipinski definition) is 1. The quantitative estimate of drug-likeness (QED) is 0.497. The second-order valence-corrected chi connectivity index (χ2v) is 4.91. The molecule has 3 nitrogen and oxygen atoms in total. The zero-order chi connectivity index (χ0) is 14.6. The van der Waals surface area contributed by atoms with E-state index in [0.29, 0.717) is 6.04 Å². The summed E-state index contributed by atoms with van der Waals surface area (Å²) in [6.07, 6.45) is 3.12. The average Bonchev–Trinajstić information content (AvgIpc) is 2.49. The molecule has 1 aromatic carbocycles. The van der Waals surface area contributed by atoms with Gasteiger partial charge in [-0.25, -0.2) is 0 Å². The summed E-state index contributed by atoms with van der Waals surface area (Å²) in [6, 6.07) is 11.0. The molecule has 20 heavy (non-hydrogen) atoms. The van der Waals surface area contributed by atoms with Crippen LogP contribution in [0.3, 0.4) is 0 Å². The molecule has 112 valence electrons. The fourth-order valence-electron chi connectivity index (χ4n) is 2.30. The van der Waals surface area contributed by atoms with Gasteiger partial charge < -0.3 is 10.1 Å². The molecule has 0 saturated heterocycles. The molecular formula is C17H28N2O. The number of methoxy groups -OCH3 is 1. The SMILES string of the molecule is C=CCN(CCOC)C(CNCCC)c1ccccc1. The number of nitrogens with zero attached hydrogens (tertiary/aromatic N) is 1. The van der Waals surface area contributed by atoms with Crippen LogP contribution in [0.5, 0.6) is 0 Å². The van der Waals surface area contributed by atoms with E-state index < -0.39 is 0 Å². The molecule has 0 radical (unpaired) electrons. The van der Waals surface area contributed by atoms with Crippen molar-refractivity contribution in [3.05, 3.63) is 48.6 Å². The van der Waals surface area contributed by atoms with Gasteiger partial charge in [0.25, 0.3) is 0 Å². The Bertz CT molecular complexity index is 353. The third-order valence-corrected chi connectivity index (χ3v) is 3.34. The molecule has 0 fully saturated rings. The lowest BCUT2D eigenvalue weighted by molar-refractivity contribution is 0.127. The molecule has 1 N–H and O–H groups in total. The van der Waals surface area contributed by atoms with Gasteiger partial charge in [0.2, 0.25) is 0 Å². The highest BCUT2D eigenvalue weighted by Crippen LogP contribution is 2.19. The van der Waals surface area contributed by atoms with E-state index in [1.165, 1.54) is 5.56 Å². The fourth-order valence-corrected chi connectivity index (χ4v) is 2.30. The van der Waals surface area contributed by atoms with E-state index in [0.717, 1.165) is 39.2 Å². The van der Waals surface area contributed by atoms with Crippen molar-refractivity contribution in [3.8, 4) is 0 Å². The topological polar surface area (TPSA) is 24.5 Å². The molecule has 1 unspecified atom stereocenters. The number of hydrogen-bond acceptors (Lipinski definition) is 3. The van der Waals surface area contributed by atoms with Crippen molar-refractivity contribution in [2.24, 2.45) is 0 Å². The van der Waals surface area contributed by atoms with Crippen LogP contribution in [-0.2, 0) is 4.74 Å². The molecule has 0 aromatic heterocycles. The summed E-state index contributed by atoms with van der Waals surface area (Å²) < 4.78 is 5.23. The molecule has 3 heteroatoms. The fraction of sp³-hybridized carbons (Fsp3) is 0.529. The lowest BCUT2D eigenvalue weighted by atomic mass is 10.0. The summed E-state index contributed by atoms with van der Waals surface area (Å²) in [5.74, 6) is 0. The van der Waals surface area contributed by atoms with Crippen LogP contribution in [0.25, 0.3) is 0 Å². The minimum Gasteiger partial charge on any atom is -0.383 e. The van der Waals surface area contributed by atoms with Crippen LogP contribution >= 0.6 is 0 Å². The molecule has 0 saturated carbocycles. The van der Waals surface area contributed by atoms with Crippen LogP contribution in [0.1, 0.15) is 24.9 Å². The second-order valence-electron chi connectivity index (χ2n) is 4.91. The van der Waals surface area contributed by atoms with Gasteiger partial charge in [-0.05, 0) is 18.5 Å². The summed E-state index contributed by atoms with van der Waals surface area (Å²) in [5, 5.41) is 3.53. The normalized spacial score (nSPS) is 12.6. The first kappa shape index (κ1) is 16.9. The molecule has 0 aliphatic carbocycles. The predicted molar refractivity (Wildman–Crippen MR) is 86.0 cm³/mol. The maximum atomic E-state index is 5.23. The van der Waals surface area contributed by atoms with Crippen LogP contribution in [0.4, 0.5) is 0 Å². The standard InChI is InChI=1S/C17H28N2O/c1-4-11-18-15-17(16-9-7-6-8-10-16)19(12-5-2)13-14-20-3/h5-10,17-18H,2,4,11-15H2,1,3H3. The van der Waals surface area contributed by atoms with E-state index in [9.17, 15) is 0 Å². The Hall–Kier alpha value is -1.16. The van der Waals surface area contributed by atoms with Crippen molar-refractivity contribution in [1.82, 2.24) is 10.2 Å². The Labute approximate surface area is 123 Å². The smallest absolute Gasteiger partial charge is 0.0590 e. The van der Waals surface area contributed by atoms with E-state index >= 15 is 0 Å². The third kappa shape index (κ3) is 5.87. The van der Waals surface area contributed by atoms with Crippen LogP contribution < -0.4 is 5.32 Å². The van der Waals surface area contributed by atoms with Gasteiger partial charge in [0.15, 0.2) is 0 Å². The van der Waals surface area contributed by atoms with E-state index in [4.69, 9.17) is 4.74 Å². The number of ether oxygens (including phenoxy) is 1. The van der Waals surface area contributed by atoms with Gasteiger partial charge in [-0.1, -0.05) is 43.3 Å². The Balaban J connectivity index is 2.79. The van der Waals surface area contributed by atoms with Crippen LogP contribution in [0.2, 0.25) is 0 Å². The van der Waals surface area contributed by atoms with Crippen molar-refractivity contribution in [2.75, 3.05) is 39.9 Å². The van der Waals surface area contributed by atoms with Gasteiger partial charge in [0.1, 0.15) is 0 Å². The van der Waals surface area contributed by atoms with E-state index in [1.807, 2.05) is 6.08 Å². The monoisotopic (exact) mass is 276 g/mol. The Morgan fingerprint density at radius 2 is 2.10 bits per heavy atom. The molecule has 0 bridgehead atoms. The van der Waals surface area contributed by atoms with Crippen molar-refractivity contribution in [1.29, 1.82) is 0 Å². The molecule has 1 atom stereocenters. The minimum atomic E-state index is 0.357. The zero-order valence-electron chi connectivity index (χ0n) is 12.8. The van der Waals surface area contributed by atoms with Crippen molar-refractivity contribution < 1.29 is 4.74 Å². The van der Waals surface area contributed by atoms with Gasteiger partial charge in [-0.3, -0.25) is 4.90 Å². The maximum Gasteiger partial charge on any atom is 0.0590 e. The lowest BCUT2D eigenvalue weighted by Gasteiger charge is -2.31. The first-order chi connectivity index (χ1) is 9.83. The van der Waals surface area contributed by atoms with Crippen LogP contribution in [0, 0.1) is 0 Å². The molecule has 0 spiro atoms. The summed E-state index contributed by atoms with van der Waals surface area (Å²) in [4.78, 5) is 2.41. The van der Waals surface area contributed by atoms with E-state index in [-0.39, 0.29) is 0 Å². The summed E-state index contributed by atoms with van der Waals surface area (Å²) in [7, 11) is 1.75. The largest absolute Gasteiger partial charge is 0.383 e. The number of rotatable bonds is 11. The number of nitrogens with one attached hydrogen (secondary N) is 1. The Morgan fingerprint density at radius 1 is 1.35 bits per heavy atom. The van der Waals surface area contributed by atoms with Crippen molar-refractivity contribution >= 4 is 0 Å². The highest BCUT2D eigenvalue weighted by atomic mass is 16.5. The maximum absolute atomic E-state index is 5.23. The van der Waals surface area contributed by atoms with Gasteiger partial charge in [0, 0.05) is 32.8 Å². The van der Waals surface area contributed by atoms with Gasteiger partial charge >= 0.3 is 0 Å².